The summed E-state index contributed by atoms with van der Waals surface area (Å²) in [6.07, 6.45) is -4.63. The minimum atomic E-state index is -4.63. The van der Waals surface area contributed by atoms with E-state index in [2.05, 4.69) is 4.98 Å². The van der Waals surface area contributed by atoms with Gasteiger partial charge in [-0.15, -0.1) is 0 Å². The molecule has 0 unspecified atom stereocenters. The van der Waals surface area contributed by atoms with Crippen molar-refractivity contribution in [3.8, 4) is 0 Å². The van der Waals surface area contributed by atoms with Crippen molar-refractivity contribution in [3.05, 3.63) is 39.4 Å². The van der Waals surface area contributed by atoms with Crippen LogP contribution >= 0.6 is 11.6 Å². The second-order valence-corrected chi connectivity index (χ2v) is 4.37. The second-order valence-electron chi connectivity index (χ2n) is 4.03. The molecular formula is C12H10ClF3N2O2. The zero-order chi connectivity index (χ0) is 14.9. The molecule has 0 atom stereocenters. The molecule has 0 aliphatic rings. The monoisotopic (exact) mass is 306 g/mol. The van der Waals surface area contributed by atoms with Gasteiger partial charge in [0.05, 0.1) is 29.6 Å². The molecule has 0 radical (unpaired) electrons. The van der Waals surface area contributed by atoms with Crippen LogP contribution in [0, 0.1) is 0 Å². The van der Waals surface area contributed by atoms with Gasteiger partial charge in [-0.3, -0.25) is 9.36 Å². The van der Waals surface area contributed by atoms with Gasteiger partial charge < -0.3 is 4.74 Å². The summed E-state index contributed by atoms with van der Waals surface area (Å²) in [7, 11) is 1.41. The van der Waals surface area contributed by atoms with Crippen molar-refractivity contribution in [1.82, 2.24) is 9.55 Å². The molecule has 0 saturated heterocycles. The number of hydrogen-bond donors (Lipinski definition) is 0. The second kappa shape index (κ2) is 5.41. The van der Waals surface area contributed by atoms with Crippen molar-refractivity contribution in [3.63, 3.8) is 0 Å². The number of nitrogens with zero attached hydrogens (tertiary/aromatic N) is 2. The Balaban J connectivity index is 2.78. The van der Waals surface area contributed by atoms with E-state index in [0.717, 1.165) is 10.6 Å². The van der Waals surface area contributed by atoms with Crippen molar-refractivity contribution in [2.75, 3.05) is 13.7 Å². The first-order valence-electron chi connectivity index (χ1n) is 5.61. The molecule has 0 bridgehead atoms. The number of rotatable bonds is 3. The summed E-state index contributed by atoms with van der Waals surface area (Å²) in [5, 5.41) is -0.653. The fourth-order valence-electron chi connectivity index (χ4n) is 1.85. The van der Waals surface area contributed by atoms with E-state index in [9.17, 15) is 18.0 Å². The van der Waals surface area contributed by atoms with Crippen LogP contribution < -0.4 is 5.56 Å². The molecule has 0 aliphatic carbocycles. The molecule has 0 amide bonds. The Morgan fingerprint density at radius 1 is 1.40 bits per heavy atom. The summed E-state index contributed by atoms with van der Waals surface area (Å²) in [6.45, 7) is 0.171. The standard InChI is InChI=1S/C12H10ClF3N2O2/c1-20-6-5-18-10(19)9-7(12(14,15)16)3-2-4-8(9)17-11(18)13/h2-4H,5-6H2,1H3. The summed E-state index contributed by atoms with van der Waals surface area (Å²) in [5.74, 6) is 0. The SMILES string of the molecule is COCCn1c(Cl)nc2cccc(C(F)(F)F)c2c1=O. The Morgan fingerprint density at radius 2 is 2.10 bits per heavy atom. The van der Waals surface area contributed by atoms with Crippen LogP contribution in [0.1, 0.15) is 5.56 Å². The van der Waals surface area contributed by atoms with Gasteiger partial charge in [0.25, 0.3) is 5.56 Å². The predicted molar refractivity (Wildman–Crippen MR) is 67.9 cm³/mol. The molecule has 1 aromatic carbocycles. The van der Waals surface area contributed by atoms with E-state index < -0.39 is 22.7 Å². The Morgan fingerprint density at radius 3 is 2.70 bits per heavy atom. The lowest BCUT2D eigenvalue weighted by Gasteiger charge is -2.12. The molecule has 2 aromatic rings. The van der Waals surface area contributed by atoms with E-state index in [1.54, 1.807) is 0 Å². The van der Waals surface area contributed by atoms with Gasteiger partial charge in [0.2, 0.25) is 5.28 Å². The summed E-state index contributed by atoms with van der Waals surface area (Å²) < 4.78 is 44.6. The van der Waals surface area contributed by atoms with Crippen molar-refractivity contribution in [2.24, 2.45) is 0 Å². The van der Waals surface area contributed by atoms with Crippen LogP contribution in [0.25, 0.3) is 10.9 Å². The van der Waals surface area contributed by atoms with Crippen LogP contribution in [-0.4, -0.2) is 23.3 Å². The predicted octanol–water partition coefficient (Wildman–Crippen LogP) is 2.72. The fraction of sp³-hybridized carbons (Fsp3) is 0.333. The van der Waals surface area contributed by atoms with E-state index in [-0.39, 0.29) is 24.0 Å². The topological polar surface area (TPSA) is 44.1 Å². The minimum Gasteiger partial charge on any atom is -0.383 e. The maximum absolute atomic E-state index is 12.9. The molecule has 1 heterocycles. The number of aromatic nitrogens is 2. The molecular weight excluding hydrogens is 297 g/mol. The maximum atomic E-state index is 12.9. The van der Waals surface area contributed by atoms with Crippen LogP contribution in [0.2, 0.25) is 5.28 Å². The van der Waals surface area contributed by atoms with E-state index in [0.29, 0.717) is 0 Å². The van der Waals surface area contributed by atoms with Gasteiger partial charge in [-0.25, -0.2) is 4.98 Å². The third kappa shape index (κ3) is 2.64. The third-order valence-electron chi connectivity index (χ3n) is 2.76. The molecule has 108 valence electrons. The number of fused-ring (bicyclic) bond motifs is 1. The van der Waals surface area contributed by atoms with E-state index in [4.69, 9.17) is 16.3 Å². The lowest BCUT2D eigenvalue weighted by molar-refractivity contribution is -0.136. The zero-order valence-electron chi connectivity index (χ0n) is 10.4. The van der Waals surface area contributed by atoms with E-state index in [1.807, 2.05) is 0 Å². The van der Waals surface area contributed by atoms with Crippen molar-refractivity contribution < 1.29 is 17.9 Å². The molecule has 8 heteroatoms. The van der Waals surface area contributed by atoms with Crippen LogP contribution in [0.5, 0.6) is 0 Å². The average molecular weight is 307 g/mol. The number of benzene rings is 1. The van der Waals surface area contributed by atoms with Gasteiger partial charge in [0.15, 0.2) is 0 Å². The lowest BCUT2D eigenvalue weighted by atomic mass is 10.1. The molecule has 2 rings (SSSR count). The van der Waals surface area contributed by atoms with Gasteiger partial charge in [0, 0.05) is 7.11 Å². The molecule has 0 N–H and O–H groups in total. The number of ether oxygens (including phenoxy) is 1. The van der Waals surface area contributed by atoms with Crippen molar-refractivity contribution in [2.45, 2.75) is 12.7 Å². The fourth-order valence-corrected chi connectivity index (χ4v) is 2.10. The molecule has 0 spiro atoms. The number of hydrogen-bond acceptors (Lipinski definition) is 3. The van der Waals surface area contributed by atoms with Gasteiger partial charge in [0.1, 0.15) is 0 Å². The number of alkyl halides is 3. The van der Waals surface area contributed by atoms with Crippen LogP contribution in [0.4, 0.5) is 13.2 Å². The Bertz CT molecular complexity index is 697. The molecule has 20 heavy (non-hydrogen) atoms. The summed E-state index contributed by atoms with van der Waals surface area (Å²) in [5.41, 5.74) is -1.93. The highest BCUT2D eigenvalue weighted by Gasteiger charge is 2.34. The van der Waals surface area contributed by atoms with Gasteiger partial charge in [-0.1, -0.05) is 6.07 Å². The number of methoxy groups -OCH3 is 1. The first-order valence-corrected chi connectivity index (χ1v) is 5.99. The average Bonchev–Trinajstić information content (AvgIpc) is 2.36. The van der Waals surface area contributed by atoms with E-state index in [1.165, 1.54) is 19.2 Å². The lowest BCUT2D eigenvalue weighted by Crippen LogP contribution is -2.26. The van der Waals surface area contributed by atoms with Crippen LogP contribution in [-0.2, 0) is 17.5 Å². The minimum absolute atomic E-state index is 0.0310. The van der Waals surface area contributed by atoms with E-state index >= 15 is 0 Å². The van der Waals surface area contributed by atoms with Crippen molar-refractivity contribution in [1.29, 1.82) is 0 Å². The largest absolute Gasteiger partial charge is 0.417 e. The molecule has 0 fully saturated rings. The van der Waals surface area contributed by atoms with Crippen LogP contribution in [0.3, 0.4) is 0 Å². The smallest absolute Gasteiger partial charge is 0.383 e. The van der Waals surface area contributed by atoms with Gasteiger partial charge in [-0.2, -0.15) is 13.2 Å². The Kier molecular flexibility index (Phi) is 4.01. The summed E-state index contributed by atoms with van der Waals surface area (Å²) in [4.78, 5) is 16.0. The Hall–Kier alpha value is -1.60. The van der Waals surface area contributed by atoms with Gasteiger partial charge >= 0.3 is 6.18 Å². The zero-order valence-corrected chi connectivity index (χ0v) is 11.1. The van der Waals surface area contributed by atoms with Crippen molar-refractivity contribution >= 4 is 22.5 Å². The molecule has 4 nitrogen and oxygen atoms in total. The summed E-state index contributed by atoms with van der Waals surface area (Å²) in [6, 6.07) is 3.35. The molecule has 1 aromatic heterocycles. The normalized spacial score (nSPS) is 12.1. The quantitative estimate of drug-likeness (QED) is 0.819. The highest BCUT2D eigenvalue weighted by molar-refractivity contribution is 6.28. The molecule has 0 aliphatic heterocycles. The van der Waals surface area contributed by atoms with Crippen LogP contribution in [0.15, 0.2) is 23.0 Å². The maximum Gasteiger partial charge on any atom is 0.417 e. The first kappa shape index (κ1) is 14.8. The molecule has 0 saturated carbocycles. The summed E-state index contributed by atoms with van der Waals surface area (Å²) >= 11 is 5.83. The highest BCUT2D eigenvalue weighted by Crippen LogP contribution is 2.33. The first-order chi connectivity index (χ1) is 9.36. The Labute approximate surface area is 116 Å². The number of halogens is 4. The highest BCUT2D eigenvalue weighted by atomic mass is 35.5. The third-order valence-corrected chi connectivity index (χ3v) is 3.05. The van der Waals surface area contributed by atoms with Gasteiger partial charge in [-0.05, 0) is 23.7 Å².